The molecular formula is C12H21NO2. The second kappa shape index (κ2) is 3.89. The van der Waals surface area contributed by atoms with Crippen LogP contribution in [0.3, 0.4) is 0 Å². The van der Waals surface area contributed by atoms with E-state index in [0.29, 0.717) is 5.92 Å². The molecule has 2 aliphatic heterocycles. The fraction of sp³-hybridized carbons (Fsp3) is 0.833. The number of ether oxygens (including phenoxy) is 2. The molecule has 86 valence electrons. The summed E-state index contributed by atoms with van der Waals surface area (Å²) in [6.45, 7) is 13.0. The Morgan fingerprint density at radius 3 is 2.80 bits per heavy atom. The summed E-state index contributed by atoms with van der Waals surface area (Å²) in [6, 6.07) is 0. The lowest BCUT2D eigenvalue weighted by Crippen LogP contribution is -2.50. The van der Waals surface area contributed by atoms with Crippen LogP contribution in [-0.2, 0) is 9.47 Å². The zero-order valence-electron chi connectivity index (χ0n) is 9.90. The first-order chi connectivity index (χ1) is 7.02. The number of hydrogen-bond donors (Lipinski definition) is 0. The number of hydrogen-bond acceptors (Lipinski definition) is 3. The van der Waals surface area contributed by atoms with Gasteiger partial charge in [0, 0.05) is 19.6 Å². The van der Waals surface area contributed by atoms with Crippen LogP contribution in [0.2, 0.25) is 0 Å². The molecule has 0 amide bonds. The maximum absolute atomic E-state index is 5.92. The van der Waals surface area contributed by atoms with Crippen LogP contribution < -0.4 is 0 Å². The van der Waals surface area contributed by atoms with Crippen molar-refractivity contribution in [2.75, 3.05) is 19.6 Å². The zero-order chi connectivity index (χ0) is 11.1. The lowest BCUT2D eigenvalue weighted by molar-refractivity contribution is -0.147. The molecule has 0 radical (unpaired) electrons. The Balaban J connectivity index is 2.03. The van der Waals surface area contributed by atoms with Gasteiger partial charge in [0.1, 0.15) is 6.10 Å². The Kier molecular flexibility index (Phi) is 2.88. The molecule has 2 fully saturated rings. The minimum atomic E-state index is -0.409. The molecule has 0 N–H and O–H groups in total. The monoisotopic (exact) mass is 211 g/mol. The summed E-state index contributed by atoms with van der Waals surface area (Å²) in [7, 11) is 0. The molecule has 0 saturated carbocycles. The highest BCUT2D eigenvalue weighted by Crippen LogP contribution is 2.35. The summed E-state index contributed by atoms with van der Waals surface area (Å²) in [5.41, 5.74) is 0. The first-order valence-corrected chi connectivity index (χ1v) is 5.71. The van der Waals surface area contributed by atoms with Gasteiger partial charge in [-0.15, -0.1) is 6.58 Å². The summed E-state index contributed by atoms with van der Waals surface area (Å²) in [5, 5.41) is 0. The third kappa shape index (κ3) is 2.25. The Bertz CT molecular complexity index is 252. The molecule has 2 saturated heterocycles. The fourth-order valence-corrected chi connectivity index (χ4v) is 2.66. The summed E-state index contributed by atoms with van der Waals surface area (Å²) in [6.07, 6.45) is 2.44. The van der Waals surface area contributed by atoms with E-state index in [-0.39, 0.29) is 12.2 Å². The standard InChI is InChI=1S/C12H21NO2/c1-5-6-13-7-9(2)11-10(8-13)14-12(3,4)15-11/h5,9-11H,1,6-8H2,2-4H3/t9-,10+,11-/m1/s1. The van der Waals surface area contributed by atoms with Gasteiger partial charge in [-0.3, -0.25) is 4.90 Å². The van der Waals surface area contributed by atoms with Crippen LogP contribution in [0, 0.1) is 5.92 Å². The summed E-state index contributed by atoms with van der Waals surface area (Å²) < 4.78 is 11.8. The molecule has 2 aliphatic rings. The molecule has 3 nitrogen and oxygen atoms in total. The molecule has 0 aromatic carbocycles. The minimum Gasteiger partial charge on any atom is -0.344 e. The van der Waals surface area contributed by atoms with E-state index in [1.807, 2.05) is 19.9 Å². The van der Waals surface area contributed by atoms with Gasteiger partial charge < -0.3 is 9.47 Å². The van der Waals surface area contributed by atoms with E-state index in [1.54, 1.807) is 0 Å². The molecule has 3 atom stereocenters. The largest absolute Gasteiger partial charge is 0.344 e. The molecule has 0 spiro atoms. The second-order valence-electron chi connectivity index (χ2n) is 5.12. The SMILES string of the molecule is C=CCN1C[C@@H](C)[C@H]2OC(C)(C)O[C@H]2C1. The van der Waals surface area contributed by atoms with Crippen molar-refractivity contribution in [1.29, 1.82) is 0 Å². The number of piperidine rings is 1. The van der Waals surface area contributed by atoms with Crippen LogP contribution in [0.4, 0.5) is 0 Å². The van der Waals surface area contributed by atoms with Crippen LogP contribution in [0.25, 0.3) is 0 Å². The smallest absolute Gasteiger partial charge is 0.163 e. The zero-order valence-corrected chi connectivity index (χ0v) is 9.90. The van der Waals surface area contributed by atoms with E-state index >= 15 is 0 Å². The van der Waals surface area contributed by atoms with E-state index in [1.165, 1.54) is 0 Å². The normalized spacial score (nSPS) is 40.1. The van der Waals surface area contributed by atoms with Crippen molar-refractivity contribution < 1.29 is 9.47 Å². The van der Waals surface area contributed by atoms with E-state index in [4.69, 9.17) is 9.47 Å². The van der Waals surface area contributed by atoms with Crippen LogP contribution in [-0.4, -0.2) is 42.5 Å². The fourth-order valence-electron chi connectivity index (χ4n) is 2.66. The number of likely N-dealkylation sites (tertiary alicyclic amines) is 1. The van der Waals surface area contributed by atoms with E-state index in [0.717, 1.165) is 19.6 Å². The van der Waals surface area contributed by atoms with Crippen LogP contribution in [0.5, 0.6) is 0 Å². The molecule has 0 aromatic heterocycles. The molecule has 0 bridgehead atoms. The number of rotatable bonds is 2. The Hall–Kier alpha value is -0.380. The average Bonchev–Trinajstić information content (AvgIpc) is 2.41. The third-order valence-corrected chi connectivity index (χ3v) is 3.15. The summed E-state index contributed by atoms with van der Waals surface area (Å²) in [4.78, 5) is 2.38. The van der Waals surface area contributed by atoms with Crippen molar-refractivity contribution in [2.24, 2.45) is 5.92 Å². The Morgan fingerprint density at radius 2 is 2.13 bits per heavy atom. The first kappa shape index (κ1) is 11.1. The summed E-state index contributed by atoms with van der Waals surface area (Å²) in [5.74, 6) is 0.124. The van der Waals surface area contributed by atoms with E-state index in [9.17, 15) is 0 Å². The molecule has 0 aliphatic carbocycles. The highest BCUT2D eigenvalue weighted by Gasteiger charge is 2.46. The van der Waals surface area contributed by atoms with Crippen molar-refractivity contribution in [3.63, 3.8) is 0 Å². The maximum atomic E-state index is 5.92. The molecule has 0 unspecified atom stereocenters. The van der Waals surface area contributed by atoms with Crippen LogP contribution >= 0.6 is 0 Å². The molecular weight excluding hydrogens is 190 g/mol. The lowest BCUT2D eigenvalue weighted by Gasteiger charge is -2.36. The van der Waals surface area contributed by atoms with Crippen LogP contribution in [0.1, 0.15) is 20.8 Å². The molecule has 2 rings (SSSR count). The van der Waals surface area contributed by atoms with Crippen molar-refractivity contribution in [3.05, 3.63) is 12.7 Å². The van der Waals surface area contributed by atoms with Gasteiger partial charge in [-0.1, -0.05) is 13.0 Å². The van der Waals surface area contributed by atoms with Gasteiger partial charge in [0.2, 0.25) is 0 Å². The lowest BCUT2D eigenvalue weighted by atomic mass is 9.94. The second-order valence-corrected chi connectivity index (χ2v) is 5.12. The van der Waals surface area contributed by atoms with Crippen molar-refractivity contribution in [2.45, 2.75) is 38.8 Å². The summed E-state index contributed by atoms with van der Waals surface area (Å²) >= 11 is 0. The van der Waals surface area contributed by atoms with E-state index in [2.05, 4.69) is 18.4 Å². The predicted octanol–water partition coefficient (Wildman–Crippen LogP) is 1.64. The van der Waals surface area contributed by atoms with Gasteiger partial charge in [-0.05, 0) is 19.8 Å². The molecule has 3 heteroatoms. The average molecular weight is 211 g/mol. The quantitative estimate of drug-likeness (QED) is 0.648. The Morgan fingerprint density at radius 1 is 1.40 bits per heavy atom. The van der Waals surface area contributed by atoms with Crippen LogP contribution in [0.15, 0.2) is 12.7 Å². The topological polar surface area (TPSA) is 21.7 Å². The highest BCUT2D eigenvalue weighted by atomic mass is 16.8. The van der Waals surface area contributed by atoms with Gasteiger partial charge in [0.05, 0.1) is 6.10 Å². The van der Waals surface area contributed by atoms with Crippen molar-refractivity contribution in [3.8, 4) is 0 Å². The Labute approximate surface area is 92.0 Å². The van der Waals surface area contributed by atoms with Gasteiger partial charge in [0.15, 0.2) is 5.79 Å². The predicted molar refractivity (Wildman–Crippen MR) is 59.6 cm³/mol. The molecule has 2 heterocycles. The van der Waals surface area contributed by atoms with E-state index < -0.39 is 5.79 Å². The third-order valence-electron chi connectivity index (χ3n) is 3.15. The van der Waals surface area contributed by atoms with Gasteiger partial charge >= 0.3 is 0 Å². The molecule has 15 heavy (non-hydrogen) atoms. The van der Waals surface area contributed by atoms with Gasteiger partial charge in [0.25, 0.3) is 0 Å². The molecule has 0 aromatic rings. The van der Waals surface area contributed by atoms with Crippen molar-refractivity contribution in [1.82, 2.24) is 4.90 Å². The van der Waals surface area contributed by atoms with Crippen molar-refractivity contribution >= 4 is 0 Å². The van der Waals surface area contributed by atoms with Gasteiger partial charge in [-0.2, -0.15) is 0 Å². The number of nitrogens with zero attached hydrogens (tertiary/aromatic N) is 1. The first-order valence-electron chi connectivity index (χ1n) is 5.71. The maximum Gasteiger partial charge on any atom is 0.163 e. The minimum absolute atomic E-state index is 0.226. The number of fused-ring (bicyclic) bond motifs is 1. The van der Waals surface area contributed by atoms with Gasteiger partial charge in [-0.25, -0.2) is 0 Å². The highest BCUT2D eigenvalue weighted by molar-refractivity contribution is 4.93.